The van der Waals surface area contributed by atoms with Crippen molar-refractivity contribution in [3.63, 3.8) is 0 Å². The Kier molecular flexibility index (Phi) is 7.35. The first kappa shape index (κ1) is 23.5. The molecule has 0 unspecified atom stereocenters. The first-order chi connectivity index (χ1) is 15.2. The molecule has 2 N–H and O–H groups in total. The van der Waals surface area contributed by atoms with Crippen molar-refractivity contribution in [3.05, 3.63) is 59.7 Å². The van der Waals surface area contributed by atoms with Gasteiger partial charge < -0.3 is 9.67 Å². The minimum Gasteiger partial charge on any atom is -0.508 e. The van der Waals surface area contributed by atoms with Crippen molar-refractivity contribution in [1.82, 2.24) is 20.2 Å². The van der Waals surface area contributed by atoms with Crippen molar-refractivity contribution in [1.29, 1.82) is 0 Å². The summed E-state index contributed by atoms with van der Waals surface area (Å²) in [5, 5.41) is 22.9. The van der Waals surface area contributed by atoms with E-state index in [1.54, 1.807) is 31.2 Å². The van der Waals surface area contributed by atoms with Gasteiger partial charge in [0.2, 0.25) is 0 Å². The molecule has 1 amide bonds. The molecule has 0 radical (unpaired) electrons. The smallest absolute Gasteiger partial charge is 0.250 e. The van der Waals surface area contributed by atoms with Crippen LogP contribution in [-0.2, 0) is 16.8 Å². The fraction of sp³-hybridized carbons (Fsp3) is 0.333. The van der Waals surface area contributed by atoms with Gasteiger partial charge in [0.15, 0.2) is 11.0 Å². The number of amides is 1. The van der Waals surface area contributed by atoms with Crippen molar-refractivity contribution in [2.45, 2.75) is 51.7 Å². The fourth-order valence-corrected chi connectivity index (χ4v) is 3.88. The molecule has 8 heteroatoms. The van der Waals surface area contributed by atoms with E-state index in [-0.39, 0.29) is 22.8 Å². The number of phenolic OH excluding ortho intramolecular Hbond substituents is 1. The van der Waals surface area contributed by atoms with Crippen molar-refractivity contribution in [3.8, 4) is 17.1 Å². The SMILES string of the molecule is CCn1c(SCC(=O)N/N=C(/C)c2ccc(O)cc2)nnc1-c1ccc(C(C)(C)C)cc1. The van der Waals surface area contributed by atoms with Crippen molar-refractivity contribution >= 4 is 23.4 Å². The number of benzene rings is 2. The average molecular weight is 452 g/mol. The highest BCUT2D eigenvalue weighted by molar-refractivity contribution is 7.99. The van der Waals surface area contributed by atoms with Crippen LogP contribution in [0.3, 0.4) is 0 Å². The second-order valence-corrected chi connectivity index (χ2v) is 9.39. The summed E-state index contributed by atoms with van der Waals surface area (Å²) in [6.45, 7) is 11.1. The molecule has 0 atom stereocenters. The van der Waals surface area contributed by atoms with Crippen LogP contribution in [0.4, 0.5) is 0 Å². The number of aromatic hydroxyl groups is 1. The predicted molar refractivity (Wildman–Crippen MR) is 129 cm³/mol. The third-order valence-electron chi connectivity index (χ3n) is 5.01. The van der Waals surface area contributed by atoms with Crippen molar-refractivity contribution in [2.75, 3.05) is 5.75 Å². The molecule has 0 aliphatic rings. The Morgan fingerprint density at radius 3 is 2.34 bits per heavy atom. The number of carbonyl (C=O) groups is 1. The maximum absolute atomic E-state index is 12.3. The number of hydrazone groups is 1. The molecule has 0 bridgehead atoms. The Bertz CT molecular complexity index is 1100. The minimum atomic E-state index is -0.227. The zero-order valence-corrected chi connectivity index (χ0v) is 19.9. The van der Waals surface area contributed by atoms with E-state index >= 15 is 0 Å². The molecule has 2 aromatic carbocycles. The summed E-state index contributed by atoms with van der Waals surface area (Å²) in [6.07, 6.45) is 0. The molecule has 168 valence electrons. The Labute approximate surface area is 193 Å². The lowest BCUT2D eigenvalue weighted by atomic mass is 9.87. The number of rotatable bonds is 7. The lowest BCUT2D eigenvalue weighted by Gasteiger charge is -2.19. The van der Waals surface area contributed by atoms with Gasteiger partial charge in [-0.15, -0.1) is 10.2 Å². The third-order valence-corrected chi connectivity index (χ3v) is 5.97. The van der Waals surface area contributed by atoms with E-state index < -0.39 is 0 Å². The lowest BCUT2D eigenvalue weighted by Crippen LogP contribution is -2.21. The van der Waals surface area contributed by atoms with Crippen LogP contribution in [0.1, 0.15) is 45.7 Å². The zero-order valence-electron chi connectivity index (χ0n) is 19.1. The predicted octanol–water partition coefficient (Wildman–Crippen LogP) is 4.60. The van der Waals surface area contributed by atoms with Crippen LogP contribution in [0.2, 0.25) is 0 Å². The van der Waals surface area contributed by atoms with Gasteiger partial charge >= 0.3 is 0 Å². The number of phenols is 1. The molecule has 0 aliphatic heterocycles. The Balaban J connectivity index is 1.64. The molecule has 0 saturated heterocycles. The third kappa shape index (κ3) is 5.76. The van der Waals surface area contributed by atoms with Crippen LogP contribution in [0.25, 0.3) is 11.4 Å². The van der Waals surface area contributed by atoms with Gasteiger partial charge in [-0.25, -0.2) is 5.43 Å². The molecule has 0 saturated carbocycles. The van der Waals surface area contributed by atoms with E-state index in [9.17, 15) is 9.90 Å². The summed E-state index contributed by atoms with van der Waals surface area (Å²) in [6, 6.07) is 15.0. The number of carbonyl (C=O) groups excluding carboxylic acids is 1. The Morgan fingerprint density at radius 2 is 1.75 bits per heavy atom. The molecule has 0 fully saturated rings. The van der Waals surface area contributed by atoms with Crippen LogP contribution in [0.5, 0.6) is 5.75 Å². The number of thioether (sulfide) groups is 1. The van der Waals surface area contributed by atoms with E-state index in [2.05, 4.69) is 65.8 Å². The second-order valence-electron chi connectivity index (χ2n) is 8.45. The summed E-state index contributed by atoms with van der Waals surface area (Å²) in [5.41, 5.74) is 6.40. The molecule has 7 nitrogen and oxygen atoms in total. The topological polar surface area (TPSA) is 92.4 Å². The van der Waals surface area contributed by atoms with Crippen LogP contribution < -0.4 is 5.43 Å². The van der Waals surface area contributed by atoms with E-state index in [1.807, 2.05) is 11.5 Å². The van der Waals surface area contributed by atoms with E-state index in [1.165, 1.54) is 17.3 Å². The fourth-order valence-electron chi connectivity index (χ4n) is 3.09. The first-order valence-corrected chi connectivity index (χ1v) is 11.5. The van der Waals surface area contributed by atoms with Gasteiger partial charge in [0.05, 0.1) is 11.5 Å². The minimum absolute atomic E-state index is 0.0917. The van der Waals surface area contributed by atoms with Crippen LogP contribution >= 0.6 is 11.8 Å². The number of aromatic nitrogens is 3. The summed E-state index contributed by atoms with van der Waals surface area (Å²) in [7, 11) is 0. The van der Waals surface area contributed by atoms with E-state index in [0.717, 1.165) is 17.0 Å². The number of hydrogen-bond donors (Lipinski definition) is 2. The van der Waals surface area contributed by atoms with Crippen molar-refractivity contribution < 1.29 is 9.90 Å². The maximum atomic E-state index is 12.3. The van der Waals surface area contributed by atoms with Gasteiger partial charge in [0.1, 0.15) is 5.75 Å². The summed E-state index contributed by atoms with van der Waals surface area (Å²) >= 11 is 1.33. The van der Waals surface area contributed by atoms with E-state index in [0.29, 0.717) is 17.4 Å². The van der Waals surface area contributed by atoms with Gasteiger partial charge in [0.25, 0.3) is 5.91 Å². The molecular formula is C24H29N5O2S. The number of hydrogen-bond acceptors (Lipinski definition) is 6. The normalized spacial score (nSPS) is 12.1. The van der Waals surface area contributed by atoms with Crippen LogP contribution in [0.15, 0.2) is 58.8 Å². The van der Waals surface area contributed by atoms with E-state index in [4.69, 9.17) is 0 Å². The molecule has 32 heavy (non-hydrogen) atoms. The van der Waals surface area contributed by atoms with Crippen LogP contribution in [-0.4, -0.2) is 37.2 Å². The lowest BCUT2D eigenvalue weighted by molar-refractivity contribution is -0.118. The highest BCUT2D eigenvalue weighted by Crippen LogP contribution is 2.27. The van der Waals surface area contributed by atoms with Gasteiger partial charge in [-0.05, 0) is 54.7 Å². The summed E-state index contributed by atoms with van der Waals surface area (Å²) in [5.74, 6) is 0.923. The van der Waals surface area contributed by atoms with Gasteiger partial charge in [0, 0.05) is 12.1 Å². The highest BCUT2D eigenvalue weighted by Gasteiger charge is 2.17. The molecular weight excluding hydrogens is 422 g/mol. The second kappa shape index (κ2) is 9.99. The maximum Gasteiger partial charge on any atom is 0.250 e. The quantitative estimate of drug-likeness (QED) is 0.311. The standard InChI is InChI=1S/C24H29N5O2S/c1-6-29-22(18-7-11-19(12-8-18)24(3,4)5)27-28-23(29)32-15-21(31)26-25-16(2)17-9-13-20(30)14-10-17/h7-14,30H,6,15H2,1-5H3,(H,26,31)/b25-16-. The van der Waals surface area contributed by atoms with Gasteiger partial charge in [-0.3, -0.25) is 4.79 Å². The molecule has 1 aromatic heterocycles. The Hall–Kier alpha value is -3.13. The molecule has 0 spiro atoms. The largest absolute Gasteiger partial charge is 0.508 e. The Morgan fingerprint density at radius 1 is 1.09 bits per heavy atom. The molecule has 3 rings (SSSR count). The average Bonchev–Trinajstić information content (AvgIpc) is 3.19. The molecule has 1 heterocycles. The van der Waals surface area contributed by atoms with Crippen molar-refractivity contribution in [2.24, 2.45) is 5.10 Å². The van der Waals surface area contributed by atoms with Gasteiger partial charge in [-0.2, -0.15) is 5.10 Å². The summed E-state index contributed by atoms with van der Waals surface area (Å²) < 4.78 is 2.01. The monoisotopic (exact) mass is 451 g/mol. The first-order valence-electron chi connectivity index (χ1n) is 10.5. The molecule has 0 aliphatic carbocycles. The van der Waals surface area contributed by atoms with Crippen LogP contribution in [0, 0.1) is 0 Å². The molecule has 3 aromatic rings. The summed E-state index contributed by atoms with van der Waals surface area (Å²) in [4.78, 5) is 12.3. The highest BCUT2D eigenvalue weighted by atomic mass is 32.2. The number of nitrogens with zero attached hydrogens (tertiary/aromatic N) is 4. The number of nitrogens with one attached hydrogen (secondary N) is 1. The van der Waals surface area contributed by atoms with Gasteiger partial charge in [-0.1, -0.05) is 56.8 Å². The zero-order chi connectivity index (χ0) is 23.3.